The van der Waals surface area contributed by atoms with E-state index in [1.165, 1.54) is 15.5 Å². The van der Waals surface area contributed by atoms with Crippen LogP contribution in [0.3, 0.4) is 0 Å². The largest absolute Gasteiger partial charge is 0.550 e. The number of benzene rings is 1. The maximum Gasteiger partial charge on any atom is 0.132 e. The van der Waals surface area contributed by atoms with Crippen LogP contribution >= 0.6 is 0 Å². The highest BCUT2D eigenvalue weighted by Crippen LogP contribution is 2.05. The minimum Gasteiger partial charge on any atom is -0.550 e. The summed E-state index contributed by atoms with van der Waals surface area (Å²) in [5, 5.41) is 14.2. The molecule has 2 N–H and O–H groups in total. The van der Waals surface area contributed by atoms with Gasteiger partial charge in [0, 0.05) is 28.5 Å². The van der Waals surface area contributed by atoms with Gasteiger partial charge in [-0.3, -0.25) is 0 Å². The third-order valence-corrected chi connectivity index (χ3v) is 3.75. The first kappa shape index (κ1) is 12.0. The first-order valence-electron chi connectivity index (χ1n) is 6.49. The molecule has 1 aromatic carbocycles. The van der Waals surface area contributed by atoms with Crippen molar-refractivity contribution in [2.24, 2.45) is 0 Å². The lowest BCUT2D eigenvalue weighted by molar-refractivity contribution is -0.797. The van der Waals surface area contributed by atoms with Crippen LogP contribution in [-0.2, 0) is 4.79 Å². The molecule has 4 nitrogen and oxygen atoms in total. The third kappa shape index (κ3) is 2.04. The standard InChI is InChI=1S/C15H16N2O2/c1-17-9-8-11-10-4-2-3-5-12(10)16-15(11)13(17)6-7-14(18)19/h2-5,8,16H,6-7,9H2,1H3,(H,18,19). The number of hydrogen-bond donors (Lipinski definition) is 2. The van der Waals surface area contributed by atoms with Gasteiger partial charge in [-0.25, -0.2) is 0 Å². The van der Waals surface area contributed by atoms with E-state index in [1.54, 1.807) is 0 Å². The molecule has 0 fully saturated rings. The second-order valence-electron chi connectivity index (χ2n) is 5.00. The fourth-order valence-electron chi connectivity index (χ4n) is 2.77. The lowest BCUT2D eigenvalue weighted by atomic mass is 10.1. The quantitative estimate of drug-likeness (QED) is 0.675. The van der Waals surface area contributed by atoms with E-state index in [9.17, 15) is 9.90 Å². The molecular formula is C15H16N2O2. The number of hydrogen-bond acceptors (Lipinski definition) is 2. The van der Waals surface area contributed by atoms with E-state index < -0.39 is 5.97 Å². The summed E-state index contributed by atoms with van der Waals surface area (Å²) in [5.74, 6) is -0.993. The van der Waals surface area contributed by atoms with Crippen LogP contribution in [0.15, 0.2) is 24.3 Å². The number of fused-ring (bicyclic) bond motifs is 3. The highest BCUT2D eigenvalue weighted by atomic mass is 16.4. The number of carbonyl (C=O) groups excluding carboxylic acids is 1. The van der Waals surface area contributed by atoms with E-state index in [1.807, 2.05) is 18.2 Å². The topological polar surface area (TPSA) is 60.4 Å². The van der Waals surface area contributed by atoms with Crippen LogP contribution in [-0.4, -0.2) is 24.5 Å². The van der Waals surface area contributed by atoms with Gasteiger partial charge >= 0.3 is 0 Å². The molecule has 1 atom stereocenters. The number of aromatic nitrogens is 1. The molecule has 4 heteroatoms. The SMILES string of the molecule is C[NH+]1CC=c2c([nH]c3ccccc23)=C1CCC(=O)[O-]. The summed E-state index contributed by atoms with van der Waals surface area (Å²) in [6.45, 7) is 0.886. The Kier molecular flexibility index (Phi) is 2.87. The molecule has 3 rings (SSSR count). The van der Waals surface area contributed by atoms with Gasteiger partial charge in [0.25, 0.3) is 0 Å². The Morgan fingerprint density at radius 3 is 3.00 bits per heavy atom. The first-order valence-corrected chi connectivity index (χ1v) is 6.49. The average Bonchev–Trinajstić information content (AvgIpc) is 2.75. The highest BCUT2D eigenvalue weighted by Gasteiger charge is 2.17. The summed E-state index contributed by atoms with van der Waals surface area (Å²) < 4.78 is 0. The summed E-state index contributed by atoms with van der Waals surface area (Å²) in [6.07, 6.45) is 2.81. The van der Waals surface area contributed by atoms with Crippen molar-refractivity contribution in [1.29, 1.82) is 0 Å². The zero-order valence-electron chi connectivity index (χ0n) is 10.8. The van der Waals surface area contributed by atoms with Crippen LogP contribution in [0.1, 0.15) is 12.8 Å². The number of carboxylic acid groups (broad SMARTS) is 1. The minimum absolute atomic E-state index is 0.0709. The van der Waals surface area contributed by atoms with E-state index in [4.69, 9.17) is 0 Å². The number of H-pyrrole nitrogens is 1. The predicted octanol–water partition coefficient (Wildman–Crippen LogP) is -1.88. The van der Waals surface area contributed by atoms with E-state index in [0.29, 0.717) is 6.42 Å². The average molecular weight is 256 g/mol. The maximum absolute atomic E-state index is 10.7. The molecule has 0 spiro atoms. The number of para-hydroxylation sites is 1. The molecule has 98 valence electrons. The predicted molar refractivity (Wildman–Crippen MR) is 71.4 cm³/mol. The molecule has 1 aliphatic rings. The number of aliphatic carboxylic acids is 1. The normalized spacial score (nSPS) is 18.2. The van der Waals surface area contributed by atoms with Crippen molar-refractivity contribution in [3.05, 3.63) is 34.8 Å². The Balaban J connectivity index is 2.24. The molecule has 0 saturated carbocycles. The molecule has 0 bridgehead atoms. The van der Waals surface area contributed by atoms with Gasteiger partial charge in [0.15, 0.2) is 0 Å². The lowest BCUT2D eigenvalue weighted by Crippen LogP contribution is -3.07. The molecule has 19 heavy (non-hydrogen) atoms. The zero-order chi connectivity index (χ0) is 13.4. The van der Waals surface area contributed by atoms with Crippen molar-refractivity contribution >= 4 is 28.6 Å². The summed E-state index contributed by atoms with van der Waals surface area (Å²) in [6, 6.07) is 8.17. The van der Waals surface area contributed by atoms with Gasteiger partial charge in [-0.05, 0) is 18.6 Å². The number of rotatable bonds is 3. The summed E-state index contributed by atoms with van der Waals surface area (Å²) in [7, 11) is 2.07. The number of carboxylic acids is 1. The van der Waals surface area contributed by atoms with E-state index in [2.05, 4.69) is 24.2 Å². The lowest BCUT2D eigenvalue weighted by Gasteiger charge is -2.17. The molecular weight excluding hydrogens is 240 g/mol. The van der Waals surface area contributed by atoms with Crippen LogP contribution in [0.25, 0.3) is 22.7 Å². The molecule has 0 radical (unpaired) electrons. The van der Waals surface area contributed by atoms with Crippen LogP contribution < -0.4 is 20.6 Å². The molecule has 1 aliphatic heterocycles. The van der Waals surface area contributed by atoms with Crippen molar-refractivity contribution < 1.29 is 14.8 Å². The molecule has 0 aliphatic carbocycles. The molecule has 1 unspecified atom stereocenters. The molecule has 2 heterocycles. The van der Waals surface area contributed by atoms with Gasteiger partial charge in [-0.2, -0.15) is 0 Å². The molecule has 0 amide bonds. The Morgan fingerprint density at radius 1 is 1.42 bits per heavy atom. The fourth-order valence-corrected chi connectivity index (χ4v) is 2.77. The van der Waals surface area contributed by atoms with Crippen molar-refractivity contribution in [3.63, 3.8) is 0 Å². The van der Waals surface area contributed by atoms with Gasteiger partial charge in [-0.15, -0.1) is 0 Å². The number of aromatic amines is 1. The second-order valence-corrected chi connectivity index (χ2v) is 5.00. The number of carbonyl (C=O) groups is 1. The molecule has 0 saturated heterocycles. The van der Waals surface area contributed by atoms with E-state index in [-0.39, 0.29) is 6.42 Å². The zero-order valence-corrected chi connectivity index (χ0v) is 10.8. The second kappa shape index (κ2) is 4.55. The smallest absolute Gasteiger partial charge is 0.132 e. The van der Waals surface area contributed by atoms with Crippen LogP contribution in [0, 0.1) is 0 Å². The van der Waals surface area contributed by atoms with Crippen molar-refractivity contribution in [2.45, 2.75) is 12.8 Å². The summed E-state index contributed by atoms with van der Waals surface area (Å²) >= 11 is 0. The van der Waals surface area contributed by atoms with Crippen molar-refractivity contribution in [3.8, 4) is 0 Å². The maximum atomic E-state index is 10.7. The Bertz CT molecular complexity index is 758. The number of quaternary nitrogens is 1. The van der Waals surface area contributed by atoms with Gasteiger partial charge < -0.3 is 19.8 Å². The molecule has 1 aromatic heterocycles. The Labute approximate surface area is 110 Å². The Morgan fingerprint density at radius 2 is 2.21 bits per heavy atom. The van der Waals surface area contributed by atoms with E-state index in [0.717, 1.165) is 23.1 Å². The number of nitrogens with one attached hydrogen (secondary N) is 2. The Hall–Kier alpha value is -2.07. The van der Waals surface area contributed by atoms with Gasteiger partial charge in [0.2, 0.25) is 0 Å². The van der Waals surface area contributed by atoms with Crippen molar-refractivity contribution in [2.75, 3.05) is 13.6 Å². The van der Waals surface area contributed by atoms with Gasteiger partial charge in [0.05, 0.1) is 7.05 Å². The summed E-state index contributed by atoms with van der Waals surface area (Å²) in [4.78, 5) is 15.3. The van der Waals surface area contributed by atoms with Crippen molar-refractivity contribution in [1.82, 2.24) is 4.98 Å². The van der Waals surface area contributed by atoms with Crippen LogP contribution in [0.4, 0.5) is 0 Å². The first-order chi connectivity index (χ1) is 9.16. The van der Waals surface area contributed by atoms with Gasteiger partial charge in [-0.1, -0.05) is 18.2 Å². The molecule has 2 aromatic rings. The highest BCUT2D eigenvalue weighted by molar-refractivity contribution is 5.81. The minimum atomic E-state index is -0.993. The monoisotopic (exact) mass is 256 g/mol. The van der Waals surface area contributed by atoms with Crippen LogP contribution in [0.2, 0.25) is 0 Å². The van der Waals surface area contributed by atoms with E-state index >= 15 is 0 Å². The van der Waals surface area contributed by atoms with Gasteiger partial charge in [0.1, 0.15) is 17.6 Å². The fraction of sp³-hybridized carbons (Fsp3) is 0.267. The third-order valence-electron chi connectivity index (χ3n) is 3.75. The summed E-state index contributed by atoms with van der Waals surface area (Å²) in [5.41, 5.74) is 2.22. The van der Waals surface area contributed by atoms with Crippen LogP contribution in [0.5, 0.6) is 0 Å².